The third-order valence-corrected chi connectivity index (χ3v) is 4.17. The molecule has 0 bridgehead atoms. The molecule has 0 aliphatic heterocycles. The lowest BCUT2D eigenvalue weighted by Gasteiger charge is -2.01. The fraction of sp³-hybridized carbons (Fsp3) is 0.850. The molecule has 25 heavy (non-hydrogen) atoms. The summed E-state index contributed by atoms with van der Waals surface area (Å²) in [4.78, 5) is 23.2. The van der Waals surface area contributed by atoms with E-state index in [1.807, 2.05) is 0 Å². The van der Waals surface area contributed by atoms with Gasteiger partial charge in [0.05, 0.1) is 18.6 Å². The third kappa shape index (κ3) is 18.8. The molecular formula is C20H39N2O3+. The van der Waals surface area contributed by atoms with Gasteiger partial charge in [0.1, 0.15) is 4.87 Å². The van der Waals surface area contributed by atoms with Crippen molar-refractivity contribution >= 4 is 5.97 Å². The van der Waals surface area contributed by atoms with Crippen molar-refractivity contribution in [1.29, 1.82) is 0 Å². The first-order chi connectivity index (χ1) is 12.2. The van der Waals surface area contributed by atoms with Crippen LogP contribution in [0.3, 0.4) is 0 Å². The summed E-state index contributed by atoms with van der Waals surface area (Å²) in [6.07, 6.45) is 18.7. The molecule has 0 spiro atoms. The van der Waals surface area contributed by atoms with Gasteiger partial charge >= 0.3 is 5.97 Å². The molecule has 0 aliphatic carbocycles. The number of hydrogen-bond donors (Lipinski definition) is 1. The lowest BCUT2D eigenvalue weighted by atomic mass is 10.1. The van der Waals surface area contributed by atoms with Crippen molar-refractivity contribution in [3.05, 3.63) is 17.1 Å². The average Bonchev–Trinajstić information content (AvgIpc) is 2.62. The van der Waals surface area contributed by atoms with E-state index in [2.05, 4.69) is 29.2 Å². The zero-order chi connectivity index (χ0) is 18.6. The fourth-order valence-corrected chi connectivity index (χ4v) is 2.59. The quantitative estimate of drug-likeness (QED) is 0.122. The van der Waals surface area contributed by atoms with Gasteiger partial charge in [0, 0.05) is 12.8 Å². The average molecular weight is 356 g/mol. The number of ether oxygens (including phenoxy) is 1. The minimum Gasteiger partial charge on any atom is -0.469 e. The van der Waals surface area contributed by atoms with Crippen molar-refractivity contribution in [3.8, 4) is 0 Å². The first kappa shape index (κ1) is 23.6. The van der Waals surface area contributed by atoms with Crippen LogP contribution in [0.1, 0.15) is 90.4 Å². The second-order valence-corrected chi connectivity index (χ2v) is 6.57. The van der Waals surface area contributed by atoms with E-state index in [4.69, 9.17) is 0 Å². The molecule has 0 saturated heterocycles. The Balaban J connectivity index is 3.20. The minimum absolute atomic E-state index is 0.0923. The lowest BCUT2D eigenvalue weighted by Crippen LogP contribution is -2.28. The van der Waals surface area contributed by atoms with Crippen LogP contribution in [0.4, 0.5) is 0 Å². The number of rotatable bonds is 18. The monoisotopic (exact) mass is 355 g/mol. The van der Waals surface area contributed by atoms with E-state index in [0.717, 1.165) is 56.4 Å². The van der Waals surface area contributed by atoms with Crippen LogP contribution in [0.15, 0.2) is 12.2 Å². The van der Waals surface area contributed by atoms with Crippen LogP contribution < -0.4 is 5.43 Å². The van der Waals surface area contributed by atoms with Crippen molar-refractivity contribution in [2.24, 2.45) is 0 Å². The molecule has 0 amide bonds. The molecule has 0 rings (SSSR count). The fourth-order valence-electron chi connectivity index (χ4n) is 2.59. The maximum Gasteiger partial charge on any atom is 0.305 e. The molecule has 5 heteroatoms. The maximum atomic E-state index is 11.3. The summed E-state index contributed by atoms with van der Waals surface area (Å²) in [7, 11) is 1.45. The smallest absolute Gasteiger partial charge is 0.305 e. The molecule has 0 aromatic rings. The highest BCUT2D eigenvalue weighted by Gasteiger charge is 2.04. The Kier molecular flexibility index (Phi) is 17.9. The molecule has 0 aromatic carbocycles. The molecular weight excluding hydrogens is 316 g/mol. The van der Waals surface area contributed by atoms with Gasteiger partial charge in [0.2, 0.25) is 6.54 Å². The summed E-state index contributed by atoms with van der Waals surface area (Å²) >= 11 is 0. The molecule has 0 unspecified atom stereocenters. The summed E-state index contributed by atoms with van der Waals surface area (Å²) in [5.74, 6) is -0.0923. The first-order valence-corrected chi connectivity index (χ1v) is 10.1. The van der Waals surface area contributed by atoms with Gasteiger partial charge in [0.25, 0.3) is 0 Å². The predicted octanol–water partition coefficient (Wildman–Crippen LogP) is 5.09. The van der Waals surface area contributed by atoms with Gasteiger partial charge in [-0.25, -0.2) is 0 Å². The van der Waals surface area contributed by atoms with Crippen molar-refractivity contribution in [2.75, 3.05) is 20.2 Å². The summed E-state index contributed by atoms with van der Waals surface area (Å²) in [6, 6.07) is 0. The van der Waals surface area contributed by atoms with E-state index in [1.165, 1.54) is 39.2 Å². The van der Waals surface area contributed by atoms with Crippen LogP contribution in [-0.4, -0.2) is 31.0 Å². The molecule has 0 atom stereocenters. The van der Waals surface area contributed by atoms with Gasteiger partial charge in [-0.1, -0.05) is 51.2 Å². The highest BCUT2D eigenvalue weighted by Crippen LogP contribution is 2.10. The summed E-state index contributed by atoms with van der Waals surface area (Å²) in [5.41, 5.74) is 2.83. The Bertz CT molecular complexity index is 357. The number of allylic oxidation sites excluding steroid dienone is 2. The van der Waals surface area contributed by atoms with E-state index in [1.54, 1.807) is 0 Å². The Labute approximate surface area is 154 Å². The van der Waals surface area contributed by atoms with E-state index >= 15 is 0 Å². The molecule has 0 fully saturated rings. The number of hydrogen-bond acceptors (Lipinski definition) is 3. The van der Waals surface area contributed by atoms with Crippen molar-refractivity contribution in [1.82, 2.24) is 5.43 Å². The number of unbranched alkanes of at least 4 members (excludes halogenated alkanes) is 9. The standard InChI is InChI=1S/C20H39N2O3/c1-3-18-21-22(24)19-16-14-12-10-8-6-4-5-7-9-11-13-15-17-20(23)25-2/h8,10H,3-7,9,11-19H2,1-2H3,(H,21,24)/q+1/b10-8-. The zero-order valence-electron chi connectivity index (χ0n) is 16.4. The zero-order valence-corrected chi connectivity index (χ0v) is 16.4. The van der Waals surface area contributed by atoms with Crippen LogP contribution in [0, 0.1) is 4.91 Å². The molecule has 0 heterocycles. The Morgan fingerprint density at radius 1 is 0.920 bits per heavy atom. The van der Waals surface area contributed by atoms with Crippen LogP contribution in [-0.2, 0) is 9.53 Å². The summed E-state index contributed by atoms with van der Waals surface area (Å²) in [6.45, 7) is 3.39. The largest absolute Gasteiger partial charge is 0.469 e. The number of nitrogens with one attached hydrogen (secondary N) is 1. The predicted molar refractivity (Wildman–Crippen MR) is 103 cm³/mol. The highest BCUT2D eigenvalue weighted by atomic mass is 16.5. The highest BCUT2D eigenvalue weighted by molar-refractivity contribution is 5.68. The van der Waals surface area contributed by atoms with Crippen molar-refractivity contribution in [3.63, 3.8) is 0 Å². The van der Waals surface area contributed by atoms with Crippen LogP contribution in [0.2, 0.25) is 0 Å². The van der Waals surface area contributed by atoms with Gasteiger partial charge in [-0.05, 0) is 38.5 Å². The van der Waals surface area contributed by atoms with Crippen molar-refractivity contribution in [2.45, 2.75) is 90.4 Å². The Morgan fingerprint density at radius 2 is 1.48 bits per heavy atom. The Morgan fingerprint density at radius 3 is 2.08 bits per heavy atom. The van der Waals surface area contributed by atoms with Crippen LogP contribution >= 0.6 is 0 Å². The second-order valence-electron chi connectivity index (χ2n) is 6.57. The number of esters is 1. The van der Waals surface area contributed by atoms with Crippen molar-refractivity contribution < 1.29 is 14.4 Å². The molecule has 0 radical (unpaired) electrons. The van der Waals surface area contributed by atoms with E-state index in [9.17, 15) is 9.70 Å². The summed E-state index contributed by atoms with van der Waals surface area (Å²) < 4.78 is 4.62. The van der Waals surface area contributed by atoms with E-state index in [0.29, 0.717) is 13.0 Å². The number of hydrazine groups is 1. The topological polar surface area (TPSA) is 58.4 Å². The third-order valence-electron chi connectivity index (χ3n) is 4.17. The number of methoxy groups -OCH3 is 1. The lowest BCUT2D eigenvalue weighted by molar-refractivity contribution is -0.607. The van der Waals surface area contributed by atoms with Gasteiger partial charge in [-0.15, -0.1) is 0 Å². The van der Waals surface area contributed by atoms with Gasteiger partial charge < -0.3 is 4.74 Å². The first-order valence-electron chi connectivity index (χ1n) is 10.1. The van der Waals surface area contributed by atoms with Gasteiger partial charge in [-0.2, -0.15) is 5.43 Å². The van der Waals surface area contributed by atoms with E-state index in [-0.39, 0.29) is 5.97 Å². The van der Waals surface area contributed by atoms with Crippen LogP contribution in [0.5, 0.6) is 0 Å². The second kappa shape index (κ2) is 18.9. The van der Waals surface area contributed by atoms with Gasteiger partial charge in [0.15, 0.2) is 0 Å². The number of carbonyl (C=O) groups excluding carboxylic acids is 1. The molecule has 0 saturated carbocycles. The maximum absolute atomic E-state index is 11.3. The minimum atomic E-state index is -0.0923. The van der Waals surface area contributed by atoms with Crippen LogP contribution in [0.25, 0.3) is 0 Å². The normalized spacial score (nSPS) is 11.0. The van der Waals surface area contributed by atoms with Gasteiger partial charge in [-0.3, -0.25) is 4.79 Å². The molecule has 0 aliphatic rings. The number of nitrogens with zero attached hydrogens (tertiary/aromatic N) is 1. The molecule has 5 nitrogen and oxygen atoms in total. The molecule has 0 aromatic heterocycles. The molecule has 146 valence electrons. The SMILES string of the molecule is CCCN[N+](=O)CCCC/C=C\CCCCCCCCCC(=O)OC. The Hall–Kier alpha value is -1.39. The molecule has 1 N–H and O–H groups in total. The van der Waals surface area contributed by atoms with E-state index < -0.39 is 0 Å². The summed E-state index contributed by atoms with van der Waals surface area (Å²) in [5, 5.41) is 0. The number of nitroso groups, excluding NO2 is 1. The number of carbonyl (C=O) groups is 1.